The maximum Gasteiger partial charge on any atom is 0.408 e. The number of para-hydroxylation sites is 1. The number of ether oxygens (including phenoxy) is 3. The van der Waals surface area contributed by atoms with E-state index in [4.69, 9.17) is 14.2 Å². The van der Waals surface area contributed by atoms with Crippen molar-refractivity contribution in [2.75, 3.05) is 19.0 Å². The number of nitro groups is 1. The Morgan fingerprint density at radius 3 is 2.58 bits per heavy atom. The molecule has 1 saturated carbocycles. The van der Waals surface area contributed by atoms with Crippen molar-refractivity contribution in [1.82, 2.24) is 19.9 Å². The number of benzene rings is 2. The molecule has 14 heteroatoms. The lowest BCUT2D eigenvalue weighted by Gasteiger charge is -2.23. The van der Waals surface area contributed by atoms with Crippen LogP contribution in [0.1, 0.15) is 40.2 Å². The van der Waals surface area contributed by atoms with E-state index in [0.717, 1.165) is 4.57 Å². The zero-order chi connectivity index (χ0) is 30.9. The molecular formula is C29H30F2N6O6. The first-order valence-electron chi connectivity index (χ1n) is 13.4. The van der Waals surface area contributed by atoms with E-state index in [2.05, 4.69) is 20.6 Å². The molecule has 4 aromatic rings. The third-order valence-corrected chi connectivity index (χ3v) is 6.73. The summed E-state index contributed by atoms with van der Waals surface area (Å²) in [6.07, 6.45) is 3.43. The number of hydrogen-bond acceptors (Lipinski definition) is 9. The van der Waals surface area contributed by atoms with E-state index in [1.807, 2.05) is 0 Å². The molecule has 1 aliphatic carbocycles. The van der Waals surface area contributed by atoms with Gasteiger partial charge in [-0.1, -0.05) is 18.2 Å². The highest BCUT2D eigenvalue weighted by Gasteiger charge is 2.46. The summed E-state index contributed by atoms with van der Waals surface area (Å²) in [7, 11) is 1.39. The van der Waals surface area contributed by atoms with E-state index in [1.165, 1.54) is 31.6 Å². The van der Waals surface area contributed by atoms with Crippen LogP contribution in [0.5, 0.6) is 11.5 Å². The smallest absolute Gasteiger partial charge is 0.408 e. The van der Waals surface area contributed by atoms with Gasteiger partial charge in [-0.2, -0.15) is 8.78 Å². The topological polar surface area (TPSA) is 143 Å². The number of amides is 1. The normalized spacial score (nSPS) is 13.9. The van der Waals surface area contributed by atoms with E-state index in [0.29, 0.717) is 35.0 Å². The van der Waals surface area contributed by atoms with Crippen molar-refractivity contribution < 1.29 is 32.7 Å². The van der Waals surface area contributed by atoms with Crippen LogP contribution in [0, 0.1) is 10.1 Å². The zero-order valence-electron chi connectivity index (χ0n) is 23.9. The first-order chi connectivity index (χ1) is 20.4. The number of anilines is 2. The zero-order valence-corrected chi connectivity index (χ0v) is 23.9. The van der Waals surface area contributed by atoms with Crippen molar-refractivity contribution in [2.24, 2.45) is 0 Å². The molecule has 2 N–H and O–H groups in total. The number of methoxy groups -OCH3 is 1. The molecule has 1 fully saturated rings. The molecule has 5 rings (SSSR count). The van der Waals surface area contributed by atoms with Crippen molar-refractivity contribution >= 4 is 34.3 Å². The Balaban J connectivity index is 1.39. The number of halogens is 2. The molecule has 0 atom stereocenters. The number of aromatic nitrogens is 3. The Morgan fingerprint density at radius 2 is 1.93 bits per heavy atom. The highest BCUT2D eigenvalue weighted by molar-refractivity contribution is 5.95. The summed E-state index contributed by atoms with van der Waals surface area (Å²) in [5.74, 6) is 0.208. The van der Waals surface area contributed by atoms with Gasteiger partial charge < -0.3 is 24.8 Å². The molecule has 2 heterocycles. The summed E-state index contributed by atoms with van der Waals surface area (Å²) >= 11 is 0. The molecule has 1 aliphatic rings. The number of fused-ring (bicyclic) bond motifs is 1. The summed E-state index contributed by atoms with van der Waals surface area (Å²) in [4.78, 5) is 32.3. The average Bonchev–Trinajstić information content (AvgIpc) is 3.58. The highest BCUT2D eigenvalue weighted by atomic mass is 19.3. The Hall–Kier alpha value is -5.01. The molecule has 12 nitrogen and oxygen atoms in total. The van der Waals surface area contributed by atoms with Crippen LogP contribution in [-0.2, 0) is 4.74 Å². The van der Waals surface area contributed by atoms with E-state index >= 15 is 0 Å². The largest absolute Gasteiger partial charge is 0.494 e. The number of nitrogens with one attached hydrogen (secondary N) is 2. The molecule has 226 valence electrons. The SMILES string of the molecule is COc1cc(OCC2(NC(=O)OC(C)(C)C)CC2)c([N+](=O)[O-])cc1Nc1nccc(-c2cn(C(F)F)c3ccccc23)n1. The molecule has 0 saturated heterocycles. The maximum absolute atomic E-state index is 13.7. The number of carbonyl (C=O) groups excluding carboxylic acids is 1. The second kappa shape index (κ2) is 11.3. The van der Waals surface area contributed by atoms with E-state index in [-0.39, 0.29) is 35.4 Å². The minimum Gasteiger partial charge on any atom is -0.494 e. The Bertz CT molecular complexity index is 1680. The fourth-order valence-electron chi connectivity index (χ4n) is 4.53. The lowest BCUT2D eigenvalue weighted by atomic mass is 10.1. The average molecular weight is 597 g/mol. The van der Waals surface area contributed by atoms with Crippen LogP contribution in [-0.4, -0.2) is 50.4 Å². The van der Waals surface area contributed by atoms with E-state index in [1.54, 1.807) is 51.1 Å². The van der Waals surface area contributed by atoms with Gasteiger partial charge in [-0.25, -0.2) is 14.8 Å². The van der Waals surface area contributed by atoms with Crippen molar-refractivity contribution in [3.63, 3.8) is 0 Å². The predicted octanol–water partition coefficient (Wildman–Crippen LogP) is 6.59. The summed E-state index contributed by atoms with van der Waals surface area (Å²) in [6, 6.07) is 10.9. The second-order valence-corrected chi connectivity index (χ2v) is 11.1. The maximum atomic E-state index is 13.7. The van der Waals surface area contributed by atoms with Gasteiger partial charge >= 0.3 is 18.3 Å². The van der Waals surface area contributed by atoms with E-state index in [9.17, 15) is 23.7 Å². The summed E-state index contributed by atoms with van der Waals surface area (Å²) in [6.45, 7) is 2.50. The van der Waals surface area contributed by atoms with Gasteiger partial charge in [-0.3, -0.25) is 14.7 Å². The van der Waals surface area contributed by atoms with Crippen LogP contribution < -0.4 is 20.1 Å². The number of rotatable bonds is 10. The Kier molecular flexibility index (Phi) is 7.78. The number of nitrogens with zero attached hydrogens (tertiary/aromatic N) is 4. The van der Waals surface area contributed by atoms with Crippen LogP contribution in [0.4, 0.5) is 30.9 Å². The minimum atomic E-state index is -2.74. The summed E-state index contributed by atoms with van der Waals surface area (Å²) in [5, 5.41) is 18.3. The number of carbonyl (C=O) groups is 1. The Morgan fingerprint density at radius 1 is 1.19 bits per heavy atom. The van der Waals surface area contributed by atoms with Crippen molar-refractivity contribution in [1.29, 1.82) is 0 Å². The van der Waals surface area contributed by atoms with Gasteiger partial charge in [0.25, 0.3) is 0 Å². The quantitative estimate of drug-likeness (QED) is 0.153. The van der Waals surface area contributed by atoms with Gasteiger partial charge in [0.2, 0.25) is 11.7 Å². The number of alkyl halides is 2. The molecular weight excluding hydrogens is 566 g/mol. The van der Waals surface area contributed by atoms with Gasteiger partial charge in [0.1, 0.15) is 18.0 Å². The van der Waals surface area contributed by atoms with Crippen LogP contribution in [0.3, 0.4) is 0 Å². The fraction of sp³-hybridized carbons (Fsp3) is 0.345. The lowest BCUT2D eigenvalue weighted by Crippen LogP contribution is -2.44. The number of alkyl carbamates (subject to hydrolysis) is 1. The third-order valence-electron chi connectivity index (χ3n) is 6.73. The molecule has 0 unspecified atom stereocenters. The van der Waals surface area contributed by atoms with Crippen LogP contribution in [0.2, 0.25) is 0 Å². The summed E-state index contributed by atoms with van der Waals surface area (Å²) < 4.78 is 44.8. The molecule has 43 heavy (non-hydrogen) atoms. The molecule has 2 aromatic heterocycles. The lowest BCUT2D eigenvalue weighted by molar-refractivity contribution is -0.385. The monoisotopic (exact) mass is 596 g/mol. The Labute approximate surface area is 245 Å². The van der Waals surface area contributed by atoms with Crippen molar-refractivity contribution in [3.8, 4) is 22.8 Å². The third kappa shape index (κ3) is 6.58. The number of nitro benzene ring substituents is 1. The standard InChI is InChI=1S/C29H30F2N6O6/c1-28(2,3)43-27(38)35-29(10-11-29)16-42-24-14-23(41-4)20(13-22(24)37(39)40)34-26-32-12-9-19(33-26)18-15-36(25(30)31)21-8-6-5-7-17(18)21/h5-9,12-15,25H,10-11,16H2,1-4H3,(H,35,38)(H,32,33,34). The fourth-order valence-corrected chi connectivity index (χ4v) is 4.53. The predicted molar refractivity (Wildman–Crippen MR) is 154 cm³/mol. The second-order valence-electron chi connectivity index (χ2n) is 11.1. The van der Waals surface area contributed by atoms with E-state index < -0.39 is 28.7 Å². The van der Waals surface area contributed by atoms with Crippen molar-refractivity contribution in [2.45, 2.75) is 51.3 Å². The van der Waals surface area contributed by atoms with Gasteiger partial charge in [0.15, 0.2) is 0 Å². The molecule has 2 aromatic carbocycles. The highest BCUT2D eigenvalue weighted by Crippen LogP contribution is 2.42. The summed E-state index contributed by atoms with van der Waals surface area (Å²) in [5.41, 5.74) is -0.353. The van der Waals surface area contributed by atoms with Gasteiger partial charge in [-0.15, -0.1) is 0 Å². The van der Waals surface area contributed by atoms with Gasteiger partial charge in [0, 0.05) is 35.5 Å². The number of hydrogen-bond donors (Lipinski definition) is 2. The van der Waals surface area contributed by atoms with Crippen LogP contribution in [0.25, 0.3) is 22.2 Å². The molecule has 0 bridgehead atoms. The molecule has 0 aliphatic heterocycles. The van der Waals surface area contributed by atoms with Crippen molar-refractivity contribution in [3.05, 3.63) is 65.0 Å². The van der Waals surface area contributed by atoms with Gasteiger partial charge in [0.05, 0.1) is 34.5 Å². The minimum absolute atomic E-state index is 0.0135. The van der Waals surface area contributed by atoms with Crippen LogP contribution >= 0.6 is 0 Å². The molecule has 1 amide bonds. The molecule has 0 spiro atoms. The first-order valence-corrected chi connectivity index (χ1v) is 13.4. The molecule has 0 radical (unpaired) electrons. The first kappa shape index (κ1) is 29.5. The van der Waals surface area contributed by atoms with Crippen LogP contribution in [0.15, 0.2) is 54.9 Å². The van der Waals surface area contributed by atoms with Gasteiger partial charge in [-0.05, 0) is 45.7 Å².